The molecule has 0 unspecified atom stereocenters. The quantitative estimate of drug-likeness (QED) is 0.384. The summed E-state index contributed by atoms with van der Waals surface area (Å²) in [5.74, 6) is -4.06. The van der Waals surface area contributed by atoms with Crippen molar-refractivity contribution >= 4 is 7.82 Å². The highest BCUT2D eigenvalue weighted by Gasteiger charge is 2.66. The number of nitrogens with one attached hydrogen (secondary N) is 1. The normalized spacial score (nSPS) is 29.5. The van der Waals surface area contributed by atoms with Crippen LogP contribution < -0.4 is 11.2 Å². The van der Waals surface area contributed by atoms with Crippen LogP contribution in [0.2, 0.25) is 0 Å². The lowest BCUT2D eigenvalue weighted by Crippen LogP contribution is -2.48. The van der Waals surface area contributed by atoms with E-state index in [1.807, 2.05) is 0 Å². The van der Waals surface area contributed by atoms with Crippen LogP contribution in [-0.2, 0) is 13.8 Å². The summed E-state index contributed by atoms with van der Waals surface area (Å²) in [6, 6.07) is 0.785. The Labute approximate surface area is 132 Å². The first-order valence-corrected chi connectivity index (χ1v) is 7.85. The SMILES string of the molecule is C=C[C@]1(COP(=O)(O)O)O[C@@H](n2ccc(=O)[nH]c2=O)C(F)(F)[C@@H]1O. The molecule has 3 atom stereocenters. The zero-order valence-electron chi connectivity index (χ0n) is 11.8. The number of aromatic nitrogens is 2. The summed E-state index contributed by atoms with van der Waals surface area (Å²) in [6.45, 7) is 2.05. The number of aliphatic hydroxyl groups is 1. The van der Waals surface area contributed by atoms with E-state index in [4.69, 9.17) is 14.5 Å². The predicted molar refractivity (Wildman–Crippen MR) is 73.3 cm³/mol. The second-order valence-corrected chi connectivity index (χ2v) is 6.23. The van der Waals surface area contributed by atoms with Gasteiger partial charge in [-0.15, -0.1) is 6.58 Å². The minimum absolute atomic E-state index is 0.327. The third kappa shape index (κ3) is 3.24. The number of phosphoric acid groups is 1. The van der Waals surface area contributed by atoms with E-state index in [9.17, 15) is 28.0 Å². The van der Waals surface area contributed by atoms with E-state index >= 15 is 0 Å². The van der Waals surface area contributed by atoms with Gasteiger partial charge in [0.15, 0.2) is 6.10 Å². The fourth-order valence-corrected chi connectivity index (χ4v) is 2.55. The van der Waals surface area contributed by atoms with E-state index in [2.05, 4.69) is 11.1 Å². The number of phosphoric ester groups is 1. The minimum Gasteiger partial charge on any atom is -0.383 e. The van der Waals surface area contributed by atoms with Gasteiger partial charge in [-0.2, -0.15) is 8.78 Å². The monoisotopic (exact) mass is 370 g/mol. The molecule has 24 heavy (non-hydrogen) atoms. The molecule has 1 fully saturated rings. The molecule has 1 aliphatic heterocycles. The third-order valence-electron chi connectivity index (χ3n) is 3.40. The van der Waals surface area contributed by atoms with Gasteiger partial charge >= 0.3 is 19.4 Å². The molecule has 10 nitrogen and oxygen atoms in total. The van der Waals surface area contributed by atoms with Gasteiger partial charge in [0.05, 0.1) is 6.61 Å². The number of aromatic amines is 1. The molecule has 134 valence electrons. The van der Waals surface area contributed by atoms with E-state index in [0.29, 0.717) is 10.6 Å². The van der Waals surface area contributed by atoms with Crippen LogP contribution in [0.4, 0.5) is 8.78 Å². The number of ether oxygens (including phenoxy) is 1. The van der Waals surface area contributed by atoms with E-state index in [1.165, 1.54) is 0 Å². The zero-order valence-corrected chi connectivity index (χ0v) is 12.7. The molecule has 1 aliphatic rings. The maximum absolute atomic E-state index is 14.3. The van der Waals surface area contributed by atoms with Gasteiger partial charge in [0.1, 0.15) is 5.60 Å². The lowest BCUT2D eigenvalue weighted by molar-refractivity contribution is -0.142. The Bertz CT molecular complexity index is 802. The Morgan fingerprint density at radius 1 is 1.50 bits per heavy atom. The molecule has 0 radical (unpaired) electrons. The van der Waals surface area contributed by atoms with Crippen LogP contribution >= 0.6 is 7.82 Å². The van der Waals surface area contributed by atoms with Gasteiger partial charge in [-0.05, 0) is 0 Å². The summed E-state index contributed by atoms with van der Waals surface area (Å²) in [4.78, 5) is 41.8. The van der Waals surface area contributed by atoms with Gasteiger partial charge in [-0.3, -0.25) is 18.9 Å². The van der Waals surface area contributed by atoms with Crippen LogP contribution in [-0.4, -0.2) is 48.7 Å². The molecule has 0 aliphatic carbocycles. The number of H-pyrrole nitrogens is 1. The first kappa shape index (κ1) is 18.6. The first-order valence-electron chi connectivity index (χ1n) is 6.32. The highest BCUT2D eigenvalue weighted by Crippen LogP contribution is 2.50. The highest BCUT2D eigenvalue weighted by atomic mass is 31.2. The first-order chi connectivity index (χ1) is 10.9. The molecule has 0 aromatic carbocycles. The smallest absolute Gasteiger partial charge is 0.383 e. The lowest BCUT2D eigenvalue weighted by atomic mass is 9.95. The molecule has 0 bridgehead atoms. The van der Waals surface area contributed by atoms with Crippen LogP contribution in [0.3, 0.4) is 0 Å². The van der Waals surface area contributed by atoms with Gasteiger partial charge < -0.3 is 19.6 Å². The second kappa shape index (κ2) is 5.99. The minimum atomic E-state index is -5.05. The van der Waals surface area contributed by atoms with Crippen molar-refractivity contribution in [3.05, 3.63) is 45.8 Å². The highest BCUT2D eigenvalue weighted by molar-refractivity contribution is 7.46. The molecular formula is C11H13F2N2O8P. The molecule has 2 heterocycles. The Kier molecular flexibility index (Phi) is 4.65. The van der Waals surface area contributed by atoms with Crippen LogP contribution in [0.15, 0.2) is 34.5 Å². The van der Waals surface area contributed by atoms with Gasteiger partial charge in [-0.25, -0.2) is 9.36 Å². The number of alkyl halides is 2. The van der Waals surface area contributed by atoms with Crippen molar-refractivity contribution in [2.24, 2.45) is 0 Å². The summed E-state index contributed by atoms with van der Waals surface area (Å²) in [5.41, 5.74) is -4.46. The Hall–Kier alpha value is -1.69. The van der Waals surface area contributed by atoms with Crippen LogP contribution in [0.5, 0.6) is 0 Å². The number of nitrogens with zero attached hydrogens (tertiary/aromatic N) is 1. The van der Waals surface area contributed by atoms with Crippen LogP contribution in [0, 0.1) is 0 Å². The van der Waals surface area contributed by atoms with Crippen molar-refractivity contribution in [3.63, 3.8) is 0 Å². The fourth-order valence-electron chi connectivity index (χ4n) is 2.18. The predicted octanol–water partition coefficient (Wildman–Crippen LogP) is -0.904. The number of halogens is 2. The summed E-state index contributed by atoms with van der Waals surface area (Å²) < 4.78 is 48.9. The van der Waals surface area contributed by atoms with Crippen molar-refractivity contribution < 1.29 is 37.5 Å². The standard InChI is InChI=1S/C11H13F2N2O8P/c1-2-10(5-22-24(19,20)21)7(17)11(12,13)8(23-10)15-4-3-6(16)14-9(15)18/h2-4,7-8,17H,1,5H2,(H,14,16,18)(H2,19,20,21)/t7-,8-,10-/m1/s1. The molecule has 1 saturated heterocycles. The fraction of sp³-hybridized carbons (Fsp3) is 0.455. The van der Waals surface area contributed by atoms with Gasteiger partial charge in [0.25, 0.3) is 5.56 Å². The van der Waals surface area contributed by atoms with Gasteiger partial charge in [0.2, 0.25) is 6.23 Å². The molecular weight excluding hydrogens is 357 g/mol. The van der Waals surface area contributed by atoms with Crippen molar-refractivity contribution in [1.82, 2.24) is 9.55 Å². The number of hydrogen-bond acceptors (Lipinski definition) is 6. The largest absolute Gasteiger partial charge is 0.469 e. The average Bonchev–Trinajstić information content (AvgIpc) is 2.66. The van der Waals surface area contributed by atoms with E-state index < -0.39 is 49.5 Å². The lowest BCUT2D eigenvalue weighted by Gasteiger charge is -2.27. The maximum Gasteiger partial charge on any atom is 0.469 e. The summed E-state index contributed by atoms with van der Waals surface area (Å²) >= 11 is 0. The topological polar surface area (TPSA) is 151 Å². The summed E-state index contributed by atoms with van der Waals surface area (Å²) in [7, 11) is -5.05. The average molecular weight is 370 g/mol. The molecule has 1 aromatic rings. The van der Waals surface area contributed by atoms with Crippen molar-refractivity contribution in [1.29, 1.82) is 0 Å². The maximum atomic E-state index is 14.3. The van der Waals surface area contributed by atoms with Crippen LogP contribution in [0.1, 0.15) is 6.23 Å². The van der Waals surface area contributed by atoms with Gasteiger partial charge in [0, 0.05) is 12.3 Å². The third-order valence-corrected chi connectivity index (χ3v) is 3.86. The zero-order chi connectivity index (χ0) is 18.3. The Morgan fingerprint density at radius 3 is 2.62 bits per heavy atom. The Balaban J connectivity index is 2.45. The molecule has 2 rings (SSSR count). The summed E-state index contributed by atoms with van der Waals surface area (Å²) in [5, 5.41) is 9.87. The number of hydrogen-bond donors (Lipinski definition) is 4. The van der Waals surface area contributed by atoms with Crippen LogP contribution in [0.25, 0.3) is 0 Å². The van der Waals surface area contributed by atoms with Gasteiger partial charge in [-0.1, -0.05) is 6.08 Å². The second-order valence-electron chi connectivity index (χ2n) is 4.99. The molecule has 0 spiro atoms. The molecule has 4 N–H and O–H groups in total. The van der Waals surface area contributed by atoms with Crippen molar-refractivity contribution in [2.45, 2.75) is 23.9 Å². The van der Waals surface area contributed by atoms with E-state index in [0.717, 1.165) is 12.3 Å². The van der Waals surface area contributed by atoms with Crippen molar-refractivity contribution in [2.75, 3.05) is 6.61 Å². The number of rotatable bonds is 5. The summed E-state index contributed by atoms with van der Waals surface area (Å²) in [6.07, 6.45) is -3.57. The number of aliphatic hydroxyl groups excluding tert-OH is 1. The molecule has 0 saturated carbocycles. The van der Waals surface area contributed by atoms with E-state index in [-0.39, 0.29) is 0 Å². The van der Waals surface area contributed by atoms with Crippen molar-refractivity contribution in [3.8, 4) is 0 Å². The van der Waals surface area contributed by atoms with E-state index in [1.54, 1.807) is 4.98 Å². The Morgan fingerprint density at radius 2 is 2.12 bits per heavy atom. The molecule has 0 amide bonds. The molecule has 13 heteroatoms. The molecule has 1 aromatic heterocycles.